The van der Waals surface area contributed by atoms with Crippen LogP contribution in [-0.4, -0.2) is 23.3 Å². The zero-order valence-electron chi connectivity index (χ0n) is 7.13. The van der Waals surface area contributed by atoms with Crippen LogP contribution in [0, 0.1) is 0 Å². The van der Waals surface area contributed by atoms with E-state index in [2.05, 4.69) is 0 Å². The molecule has 0 aliphatic carbocycles. The Bertz CT molecular complexity index is 153. The number of aliphatic hydroxyl groups excluding tert-OH is 1. The maximum Gasteiger partial charge on any atom is 0.331 e. The number of hydrogen-bond donors (Lipinski definition) is 1. The monoisotopic (exact) mass is 158 g/mol. The van der Waals surface area contributed by atoms with Crippen molar-refractivity contribution in [2.45, 2.75) is 26.4 Å². The smallest absolute Gasteiger partial charge is 0.331 e. The van der Waals surface area contributed by atoms with E-state index >= 15 is 0 Å². The molecule has 0 aromatic carbocycles. The van der Waals surface area contributed by atoms with Gasteiger partial charge in [0, 0.05) is 6.08 Å². The lowest BCUT2D eigenvalue weighted by Gasteiger charge is -2.17. The minimum absolute atomic E-state index is 0.140. The molecule has 0 radical (unpaired) electrons. The number of carbonyl (C=O) groups is 1. The van der Waals surface area contributed by atoms with Gasteiger partial charge in [0.15, 0.2) is 0 Å². The quantitative estimate of drug-likeness (QED) is 0.479. The molecule has 1 N–H and O–H groups in total. The third-order valence-corrected chi connectivity index (χ3v) is 0.766. The van der Waals surface area contributed by atoms with Gasteiger partial charge >= 0.3 is 5.97 Å². The van der Waals surface area contributed by atoms with Crippen LogP contribution in [0.1, 0.15) is 20.8 Å². The highest BCUT2D eigenvalue weighted by Gasteiger charge is 2.13. The van der Waals surface area contributed by atoms with Gasteiger partial charge in [0.2, 0.25) is 0 Å². The number of rotatable bonds is 2. The van der Waals surface area contributed by atoms with Crippen molar-refractivity contribution in [1.29, 1.82) is 0 Å². The molecule has 0 aromatic rings. The summed E-state index contributed by atoms with van der Waals surface area (Å²) in [6.07, 6.45) is 2.55. The van der Waals surface area contributed by atoms with Crippen molar-refractivity contribution in [3.8, 4) is 0 Å². The van der Waals surface area contributed by atoms with Gasteiger partial charge in [0.25, 0.3) is 0 Å². The standard InChI is InChI=1S/C8H14O3/c1-8(2,3)11-7(10)5-4-6-9/h4-5,9H,6H2,1-3H3. The van der Waals surface area contributed by atoms with E-state index in [1.165, 1.54) is 12.2 Å². The molecule has 11 heavy (non-hydrogen) atoms. The fourth-order valence-corrected chi connectivity index (χ4v) is 0.485. The first-order valence-corrected chi connectivity index (χ1v) is 3.46. The Balaban J connectivity index is 3.80. The van der Waals surface area contributed by atoms with Crippen LogP contribution in [0.3, 0.4) is 0 Å². The van der Waals surface area contributed by atoms with Crippen LogP contribution in [0.2, 0.25) is 0 Å². The van der Waals surface area contributed by atoms with Crippen LogP contribution in [0.5, 0.6) is 0 Å². The number of esters is 1. The van der Waals surface area contributed by atoms with E-state index in [0.29, 0.717) is 0 Å². The summed E-state index contributed by atoms with van der Waals surface area (Å²) >= 11 is 0. The normalized spacial score (nSPS) is 12.0. The molecular formula is C8H14O3. The van der Waals surface area contributed by atoms with Crippen molar-refractivity contribution in [1.82, 2.24) is 0 Å². The molecule has 0 fully saturated rings. The van der Waals surface area contributed by atoms with E-state index < -0.39 is 11.6 Å². The molecule has 0 rings (SSSR count). The summed E-state index contributed by atoms with van der Waals surface area (Å²) in [5.74, 6) is -0.424. The van der Waals surface area contributed by atoms with Gasteiger partial charge in [0.1, 0.15) is 5.60 Å². The van der Waals surface area contributed by atoms with Gasteiger partial charge < -0.3 is 9.84 Å². The molecule has 0 aromatic heterocycles. The minimum Gasteiger partial charge on any atom is -0.457 e. The fraction of sp³-hybridized carbons (Fsp3) is 0.625. The van der Waals surface area contributed by atoms with Crippen molar-refractivity contribution < 1.29 is 14.6 Å². The first-order chi connectivity index (χ1) is 4.95. The summed E-state index contributed by atoms with van der Waals surface area (Å²) in [5, 5.41) is 8.32. The minimum atomic E-state index is -0.461. The fourth-order valence-electron chi connectivity index (χ4n) is 0.485. The lowest BCUT2D eigenvalue weighted by Crippen LogP contribution is -2.22. The summed E-state index contributed by atoms with van der Waals surface area (Å²) in [4.78, 5) is 10.8. The maximum absolute atomic E-state index is 10.8. The number of aliphatic hydroxyl groups is 1. The number of carbonyl (C=O) groups excluding carboxylic acids is 1. The van der Waals surface area contributed by atoms with Gasteiger partial charge in [-0.2, -0.15) is 0 Å². The Morgan fingerprint density at radius 3 is 2.45 bits per heavy atom. The molecule has 64 valence electrons. The summed E-state index contributed by atoms with van der Waals surface area (Å²) in [6.45, 7) is 5.23. The van der Waals surface area contributed by atoms with Crippen LogP contribution < -0.4 is 0 Å². The first-order valence-electron chi connectivity index (χ1n) is 3.46. The number of hydrogen-bond acceptors (Lipinski definition) is 3. The molecule has 0 aliphatic rings. The summed E-state index contributed by atoms with van der Waals surface area (Å²) < 4.78 is 4.90. The van der Waals surface area contributed by atoms with Gasteiger partial charge in [0.05, 0.1) is 6.61 Å². The van der Waals surface area contributed by atoms with Gasteiger partial charge in [-0.25, -0.2) is 4.79 Å². The van der Waals surface area contributed by atoms with E-state index in [9.17, 15) is 4.79 Å². The molecule has 0 aliphatic heterocycles. The molecular weight excluding hydrogens is 144 g/mol. The van der Waals surface area contributed by atoms with Gasteiger partial charge in [-0.3, -0.25) is 0 Å². The van der Waals surface area contributed by atoms with Gasteiger partial charge in [-0.05, 0) is 20.8 Å². The first kappa shape index (κ1) is 10.2. The molecule has 0 heterocycles. The molecule has 0 saturated carbocycles. The Hall–Kier alpha value is -0.830. The van der Waals surface area contributed by atoms with Crippen LogP contribution in [-0.2, 0) is 9.53 Å². The van der Waals surface area contributed by atoms with Crippen LogP contribution >= 0.6 is 0 Å². The van der Waals surface area contributed by atoms with Crippen LogP contribution in [0.4, 0.5) is 0 Å². The van der Waals surface area contributed by atoms with E-state index in [1.807, 2.05) is 0 Å². The van der Waals surface area contributed by atoms with Crippen molar-refractivity contribution in [2.75, 3.05) is 6.61 Å². The average Bonchev–Trinajstić information content (AvgIpc) is 1.79. The largest absolute Gasteiger partial charge is 0.457 e. The second-order valence-corrected chi connectivity index (χ2v) is 3.12. The Labute approximate surface area is 66.7 Å². The van der Waals surface area contributed by atoms with Crippen LogP contribution in [0.15, 0.2) is 12.2 Å². The van der Waals surface area contributed by atoms with Crippen molar-refractivity contribution in [2.24, 2.45) is 0 Å². The van der Waals surface area contributed by atoms with E-state index in [4.69, 9.17) is 9.84 Å². The Kier molecular flexibility index (Phi) is 3.82. The van der Waals surface area contributed by atoms with Crippen molar-refractivity contribution in [3.05, 3.63) is 12.2 Å². The summed E-state index contributed by atoms with van der Waals surface area (Å²) in [5.41, 5.74) is -0.461. The highest BCUT2D eigenvalue weighted by molar-refractivity contribution is 5.82. The molecule has 3 heteroatoms. The molecule has 0 amide bonds. The highest BCUT2D eigenvalue weighted by Crippen LogP contribution is 2.06. The second kappa shape index (κ2) is 4.13. The van der Waals surface area contributed by atoms with E-state index in [-0.39, 0.29) is 6.61 Å². The third-order valence-electron chi connectivity index (χ3n) is 0.766. The van der Waals surface area contributed by atoms with E-state index in [1.54, 1.807) is 20.8 Å². The number of ether oxygens (including phenoxy) is 1. The SMILES string of the molecule is CC(C)(C)OC(=O)C=CCO. The lowest BCUT2D eigenvalue weighted by atomic mass is 10.2. The topological polar surface area (TPSA) is 46.5 Å². The molecule has 0 unspecified atom stereocenters. The van der Waals surface area contributed by atoms with Crippen molar-refractivity contribution in [3.63, 3.8) is 0 Å². The Morgan fingerprint density at radius 1 is 1.55 bits per heavy atom. The Morgan fingerprint density at radius 2 is 2.09 bits per heavy atom. The summed E-state index contributed by atoms with van der Waals surface area (Å²) in [6, 6.07) is 0. The molecule has 0 spiro atoms. The highest BCUT2D eigenvalue weighted by atomic mass is 16.6. The van der Waals surface area contributed by atoms with Crippen LogP contribution in [0.25, 0.3) is 0 Å². The van der Waals surface area contributed by atoms with Gasteiger partial charge in [-0.1, -0.05) is 6.08 Å². The average molecular weight is 158 g/mol. The lowest BCUT2D eigenvalue weighted by molar-refractivity contribution is -0.148. The second-order valence-electron chi connectivity index (χ2n) is 3.12. The molecule has 0 saturated heterocycles. The van der Waals surface area contributed by atoms with Gasteiger partial charge in [-0.15, -0.1) is 0 Å². The predicted molar refractivity (Wildman–Crippen MR) is 42.1 cm³/mol. The summed E-state index contributed by atoms with van der Waals surface area (Å²) in [7, 11) is 0. The zero-order chi connectivity index (χ0) is 8.91. The van der Waals surface area contributed by atoms with E-state index in [0.717, 1.165) is 0 Å². The molecule has 3 nitrogen and oxygen atoms in total. The zero-order valence-corrected chi connectivity index (χ0v) is 7.13. The third kappa shape index (κ3) is 7.06. The molecule has 0 bridgehead atoms. The predicted octanol–water partition coefficient (Wildman–Crippen LogP) is 0.877. The van der Waals surface area contributed by atoms with Crippen molar-refractivity contribution >= 4 is 5.97 Å². The maximum atomic E-state index is 10.8. The molecule has 0 atom stereocenters.